The van der Waals surface area contributed by atoms with Gasteiger partial charge in [-0.3, -0.25) is 4.79 Å². The molecule has 0 fully saturated rings. The standard InChI is InChI=1S/C18H12O7/c1-11(19)13-10-12(24-17(20)15-4-2-8-22-15)6-7-14(13)25-18(21)16-5-3-9-23-16/h2-10H,1H3. The van der Waals surface area contributed by atoms with E-state index in [9.17, 15) is 14.4 Å². The van der Waals surface area contributed by atoms with Gasteiger partial charge in [0.25, 0.3) is 0 Å². The zero-order chi connectivity index (χ0) is 17.8. The van der Waals surface area contributed by atoms with E-state index in [2.05, 4.69) is 0 Å². The van der Waals surface area contributed by atoms with Gasteiger partial charge in [-0.25, -0.2) is 9.59 Å². The molecule has 0 atom stereocenters. The first-order valence-electron chi connectivity index (χ1n) is 7.21. The van der Waals surface area contributed by atoms with Crippen LogP contribution in [0.3, 0.4) is 0 Å². The summed E-state index contributed by atoms with van der Waals surface area (Å²) < 4.78 is 20.2. The van der Waals surface area contributed by atoms with Crippen molar-refractivity contribution in [3.63, 3.8) is 0 Å². The summed E-state index contributed by atoms with van der Waals surface area (Å²) in [7, 11) is 0. The Hall–Kier alpha value is -3.61. The van der Waals surface area contributed by atoms with Crippen molar-refractivity contribution in [2.45, 2.75) is 6.92 Å². The molecule has 0 aliphatic rings. The second-order valence-corrected chi connectivity index (χ2v) is 4.95. The van der Waals surface area contributed by atoms with Gasteiger partial charge in [-0.2, -0.15) is 0 Å². The van der Waals surface area contributed by atoms with E-state index in [0.29, 0.717) is 0 Å². The van der Waals surface area contributed by atoms with Gasteiger partial charge in [-0.15, -0.1) is 0 Å². The number of ketones is 1. The molecule has 0 saturated carbocycles. The molecular formula is C18H12O7. The van der Waals surface area contributed by atoms with Crippen LogP contribution >= 0.6 is 0 Å². The third kappa shape index (κ3) is 3.66. The van der Waals surface area contributed by atoms with Crippen LogP contribution in [0.2, 0.25) is 0 Å². The molecule has 2 heterocycles. The second kappa shape index (κ2) is 6.88. The van der Waals surface area contributed by atoms with Gasteiger partial charge < -0.3 is 18.3 Å². The molecular weight excluding hydrogens is 328 g/mol. The van der Waals surface area contributed by atoms with Crippen LogP contribution in [0.5, 0.6) is 11.5 Å². The molecule has 0 amide bonds. The predicted molar refractivity (Wildman–Crippen MR) is 83.8 cm³/mol. The van der Waals surface area contributed by atoms with Crippen molar-refractivity contribution in [1.29, 1.82) is 0 Å². The maximum atomic E-state index is 11.9. The largest absolute Gasteiger partial charge is 0.457 e. The van der Waals surface area contributed by atoms with Gasteiger partial charge in [0.05, 0.1) is 18.1 Å². The van der Waals surface area contributed by atoms with Crippen LogP contribution in [0, 0.1) is 0 Å². The van der Waals surface area contributed by atoms with E-state index in [1.54, 1.807) is 12.1 Å². The number of rotatable bonds is 5. The molecule has 0 N–H and O–H groups in total. The fraction of sp³-hybridized carbons (Fsp3) is 0.0556. The van der Waals surface area contributed by atoms with Gasteiger partial charge in [0.1, 0.15) is 11.5 Å². The second-order valence-electron chi connectivity index (χ2n) is 4.95. The van der Waals surface area contributed by atoms with Crippen molar-refractivity contribution in [2.75, 3.05) is 0 Å². The summed E-state index contributed by atoms with van der Waals surface area (Å²) in [6.45, 7) is 1.30. The first kappa shape index (κ1) is 16.3. The molecule has 7 heteroatoms. The number of furan rings is 2. The number of esters is 2. The highest BCUT2D eigenvalue weighted by molar-refractivity contribution is 5.99. The van der Waals surface area contributed by atoms with Crippen LogP contribution in [-0.2, 0) is 0 Å². The average molecular weight is 340 g/mol. The number of carbonyl (C=O) groups is 3. The SMILES string of the molecule is CC(=O)c1cc(OC(=O)c2ccco2)ccc1OC(=O)c1ccco1. The molecule has 1 aromatic carbocycles. The topological polar surface area (TPSA) is 96.0 Å². The Morgan fingerprint density at radius 1 is 0.840 bits per heavy atom. The monoisotopic (exact) mass is 340 g/mol. The Balaban J connectivity index is 1.82. The smallest absolute Gasteiger partial charge is 0.379 e. The lowest BCUT2D eigenvalue weighted by molar-refractivity contribution is 0.0684. The number of benzene rings is 1. The summed E-state index contributed by atoms with van der Waals surface area (Å²) in [6.07, 6.45) is 2.68. The molecule has 0 aliphatic carbocycles. The lowest BCUT2D eigenvalue weighted by Crippen LogP contribution is -2.11. The minimum absolute atomic E-state index is 0.00262. The molecule has 7 nitrogen and oxygen atoms in total. The molecule has 3 aromatic rings. The van der Waals surface area contributed by atoms with Crippen molar-refractivity contribution in [3.05, 3.63) is 72.1 Å². The molecule has 0 aliphatic heterocycles. The highest BCUT2D eigenvalue weighted by atomic mass is 16.6. The summed E-state index contributed by atoms with van der Waals surface area (Å²) in [6, 6.07) is 10.1. The van der Waals surface area contributed by atoms with E-state index in [-0.39, 0.29) is 34.4 Å². The van der Waals surface area contributed by atoms with Crippen LogP contribution in [0.4, 0.5) is 0 Å². The van der Waals surface area contributed by atoms with Crippen LogP contribution in [0.15, 0.2) is 63.8 Å². The summed E-state index contributed by atoms with van der Waals surface area (Å²) in [5.74, 6) is -1.64. The molecule has 0 unspecified atom stereocenters. The minimum Gasteiger partial charge on any atom is -0.457 e. The number of Topliss-reactive ketones (excluding diaryl/α,β-unsaturated/α-hetero) is 1. The average Bonchev–Trinajstić information content (AvgIpc) is 3.29. The lowest BCUT2D eigenvalue weighted by Gasteiger charge is -2.09. The highest BCUT2D eigenvalue weighted by Crippen LogP contribution is 2.26. The summed E-state index contributed by atoms with van der Waals surface area (Å²) in [5.41, 5.74) is 0.0876. The number of hydrogen-bond acceptors (Lipinski definition) is 7. The van der Waals surface area contributed by atoms with Gasteiger partial charge in [-0.05, 0) is 49.4 Å². The van der Waals surface area contributed by atoms with E-state index >= 15 is 0 Å². The van der Waals surface area contributed by atoms with Gasteiger partial charge >= 0.3 is 11.9 Å². The van der Waals surface area contributed by atoms with E-state index in [1.165, 1.54) is 49.8 Å². The molecule has 2 aromatic heterocycles. The molecule has 0 radical (unpaired) electrons. The van der Waals surface area contributed by atoms with E-state index in [4.69, 9.17) is 18.3 Å². The third-order valence-corrected chi connectivity index (χ3v) is 3.19. The Morgan fingerprint density at radius 3 is 1.96 bits per heavy atom. The first-order valence-corrected chi connectivity index (χ1v) is 7.21. The quantitative estimate of drug-likeness (QED) is 0.398. The molecule has 0 spiro atoms. The molecule has 126 valence electrons. The maximum Gasteiger partial charge on any atom is 0.379 e. The number of ether oxygens (including phenoxy) is 2. The van der Waals surface area contributed by atoms with E-state index in [1.807, 2.05) is 0 Å². The first-order chi connectivity index (χ1) is 12.0. The van der Waals surface area contributed by atoms with E-state index < -0.39 is 11.9 Å². The van der Waals surface area contributed by atoms with Crippen molar-refractivity contribution in [2.24, 2.45) is 0 Å². The Morgan fingerprint density at radius 2 is 1.44 bits per heavy atom. The molecule has 0 bridgehead atoms. The minimum atomic E-state index is -0.743. The van der Waals surface area contributed by atoms with Crippen molar-refractivity contribution >= 4 is 17.7 Å². The van der Waals surface area contributed by atoms with Crippen LogP contribution < -0.4 is 9.47 Å². The molecule has 25 heavy (non-hydrogen) atoms. The van der Waals surface area contributed by atoms with Crippen LogP contribution in [-0.4, -0.2) is 17.7 Å². The molecule has 0 saturated heterocycles. The third-order valence-electron chi connectivity index (χ3n) is 3.19. The fourth-order valence-corrected chi connectivity index (χ4v) is 2.03. The van der Waals surface area contributed by atoms with Gasteiger partial charge in [0.2, 0.25) is 11.5 Å². The highest BCUT2D eigenvalue weighted by Gasteiger charge is 2.18. The Labute approximate surface area is 141 Å². The van der Waals surface area contributed by atoms with Crippen molar-refractivity contribution in [3.8, 4) is 11.5 Å². The van der Waals surface area contributed by atoms with Crippen molar-refractivity contribution < 1.29 is 32.7 Å². The van der Waals surface area contributed by atoms with Gasteiger partial charge in [-0.1, -0.05) is 0 Å². The zero-order valence-corrected chi connectivity index (χ0v) is 13.1. The summed E-state index contributed by atoms with van der Waals surface area (Å²) >= 11 is 0. The maximum absolute atomic E-state index is 11.9. The van der Waals surface area contributed by atoms with Gasteiger partial charge in [0, 0.05) is 0 Å². The molecule has 3 rings (SSSR count). The summed E-state index contributed by atoms with van der Waals surface area (Å²) in [4.78, 5) is 35.6. The fourth-order valence-electron chi connectivity index (χ4n) is 2.03. The number of carbonyl (C=O) groups excluding carboxylic acids is 3. The van der Waals surface area contributed by atoms with Crippen LogP contribution in [0.25, 0.3) is 0 Å². The number of hydrogen-bond donors (Lipinski definition) is 0. The lowest BCUT2D eigenvalue weighted by atomic mass is 10.1. The van der Waals surface area contributed by atoms with Crippen LogP contribution in [0.1, 0.15) is 38.4 Å². The Bertz CT molecular complexity index is 905. The van der Waals surface area contributed by atoms with E-state index in [0.717, 1.165) is 0 Å². The normalized spacial score (nSPS) is 10.3. The predicted octanol–water partition coefficient (Wildman–Crippen LogP) is 3.51. The van der Waals surface area contributed by atoms with Gasteiger partial charge in [0.15, 0.2) is 5.78 Å². The summed E-state index contributed by atoms with van der Waals surface area (Å²) in [5, 5.41) is 0. The zero-order valence-electron chi connectivity index (χ0n) is 13.1. The Kier molecular flexibility index (Phi) is 4.47. The van der Waals surface area contributed by atoms with Crippen molar-refractivity contribution in [1.82, 2.24) is 0 Å².